The van der Waals surface area contributed by atoms with E-state index in [1.807, 2.05) is 4.57 Å². The summed E-state index contributed by atoms with van der Waals surface area (Å²) in [6.45, 7) is 6.67. The second kappa shape index (κ2) is 10.2. The summed E-state index contributed by atoms with van der Waals surface area (Å²) in [4.78, 5) is 25.5. The lowest BCUT2D eigenvalue weighted by molar-refractivity contribution is -0.137. The number of carboxylic acid groups (broad SMARTS) is 1. The van der Waals surface area contributed by atoms with Crippen molar-refractivity contribution in [3.05, 3.63) is 12.7 Å². The van der Waals surface area contributed by atoms with Gasteiger partial charge in [-0.05, 0) is 39.7 Å². The zero-order valence-electron chi connectivity index (χ0n) is 16.3. The minimum atomic E-state index is -0.738. The average molecular weight is 378 g/mol. The normalized spacial score (nSPS) is 12.9. The molecule has 0 aromatic carbocycles. The molecule has 27 heavy (non-hydrogen) atoms. The van der Waals surface area contributed by atoms with Crippen LogP contribution in [0.25, 0.3) is 11.2 Å². The number of aryl methyl sites for hydroxylation is 1. The average Bonchev–Trinajstić information content (AvgIpc) is 3.04. The highest BCUT2D eigenvalue weighted by atomic mass is 16.5. The molecule has 3 N–H and O–H groups in total. The number of carbonyl (C=O) groups is 1. The number of aliphatic carboxylic acids is 1. The number of hydrogen-bond acceptors (Lipinski definition) is 7. The van der Waals surface area contributed by atoms with Crippen molar-refractivity contribution in [2.75, 3.05) is 25.9 Å². The summed E-state index contributed by atoms with van der Waals surface area (Å²) < 4.78 is 7.65. The molecule has 2 rings (SSSR count). The van der Waals surface area contributed by atoms with Crippen molar-refractivity contribution in [1.82, 2.24) is 24.4 Å². The van der Waals surface area contributed by atoms with Crippen molar-refractivity contribution in [1.29, 1.82) is 0 Å². The molecule has 0 bridgehead atoms. The Morgan fingerprint density at radius 1 is 1.33 bits per heavy atom. The molecule has 2 heterocycles. The van der Waals surface area contributed by atoms with Crippen LogP contribution in [0, 0.1) is 0 Å². The third-order valence-corrected chi connectivity index (χ3v) is 4.71. The van der Waals surface area contributed by atoms with E-state index in [1.165, 1.54) is 6.33 Å². The molecule has 0 spiro atoms. The van der Waals surface area contributed by atoms with E-state index in [1.54, 1.807) is 13.4 Å². The lowest BCUT2D eigenvalue weighted by atomic mass is 10.1. The summed E-state index contributed by atoms with van der Waals surface area (Å²) in [5.41, 5.74) is 7.18. The molecule has 0 aliphatic rings. The molecule has 150 valence electrons. The van der Waals surface area contributed by atoms with Gasteiger partial charge in [-0.3, -0.25) is 9.69 Å². The first-order valence-corrected chi connectivity index (χ1v) is 9.32. The molecule has 1 atom stereocenters. The van der Waals surface area contributed by atoms with Gasteiger partial charge < -0.3 is 20.1 Å². The van der Waals surface area contributed by atoms with E-state index in [-0.39, 0.29) is 12.5 Å². The molecule has 2 aromatic rings. The second-order valence-electron chi connectivity index (χ2n) is 6.96. The fraction of sp³-hybridized carbons (Fsp3) is 0.667. The summed E-state index contributed by atoms with van der Waals surface area (Å²) >= 11 is 0. The molecule has 2 aromatic heterocycles. The number of rotatable bonds is 12. The van der Waals surface area contributed by atoms with Crippen LogP contribution in [0.1, 0.15) is 39.5 Å². The number of anilines is 1. The van der Waals surface area contributed by atoms with Gasteiger partial charge in [0, 0.05) is 32.7 Å². The van der Waals surface area contributed by atoms with Gasteiger partial charge in [0.15, 0.2) is 11.5 Å². The molecular weight excluding hydrogens is 348 g/mol. The predicted octanol–water partition coefficient (Wildman–Crippen LogP) is 1.78. The van der Waals surface area contributed by atoms with Gasteiger partial charge in [-0.25, -0.2) is 15.0 Å². The van der Waals surface area contributed by atoms with Crippen LogP contribution < -0.4 is 5.73 Å². The summed E-state index contributed by atoms with van der Waals surface area (Å²) in [7, 11) is 1.72. The molecular formula is C18H30N6O3. The highest BCUT2D eigenvalue weighted by Crippen LogP contribution is 2.16. The van der Waals surface area contributed by atoms with Crippen LogP contribution in [0.2, 0.25) is 0 Å². The fourth-order valence-electron chi connectivity index (χ4n) is 3.04. The van der Waals surface area contributed by atoms with Gasteiger partial charge in [-0.1, -0.05) is 0 Å². The molecule has 0 fully saturated rings. The van der Waals surface area contributed by atoms with Crippen LogP contribution in [0.3, 0.4) is 0 Å². The highest BCUT2D eigenvalue weighted by molar-refractivity contribution is 5.81. The fourth-order valence-corrected chi connectivity index (χ4v) is 3.04. The van der Waals surface area contributed by atoms with Crippen molar-refractivity contribution >= 4 is 23.0 Å². The van der Waals surface area contributed by atoms with Gasteiger partial charge in [0.05, 0.1) is 12.4 Å². The molecule has 0 aliphatic carbocycles. The number of ether oxygens (including phenoxy) is 1. The first-order chi connectivity index (χ1) is 12.9. The number of aromatic nitrogens is 4. The summed E-state index contributed by atoms with van der Waals surface area (Å²) in [5, 5.41) is 8.77. The Labute approximate surface area is 159 Å². The van der Waals surface area contributed by atoms with Gasteiger partial charge in [-0.2, -0.15) is 0 Å². The zero-order chi connectivity index (χ0) is 19.8. The van der Waals surface area contributed by atoms with Gasteiger partial charge in [-0.15, -0.1) is 0 Å². The van der Waals surface area contributed by atoms with Crippen LogP contribution in [0.15, 0.2) is 12.7 Å². The first kappa shape index (κ1) is 21.0. The Morgan fingerprint density at radius 3 is 2.78 bits per heavy atom. The van der Waals surface area contributed by atoms with Gasteiger partial charge in [0.2, 0.25) is 0 Å². The number of unbranched alkanes of at least 4 members (excludes halogenated alkanes) is 1. The quantitative estimate of drug-likeness (QED) is 0.536. The maximum atomic E-state index is 10.7. The smallest absolute Gasteiger partial charge is 0.303 e. The largest absolute Gasteiger partial charge is 0.481 e. The lowest BCUT2D eigenvalue weighted by Gasteiger charge is -2.30. The van der Waals surface area contributed by atoms with Gasteiger partial charge in [0.1, 0.15) is 11.8 Å². The van der Waals surface area contributed by atoms with E-state index < -0.39 is 5.97 Å². The second-order valence-corrected chi connectivity index (χ2v) is 6.96. The van der Waals surface area contributed by atoms with Crippen LogP contribution in [-0.2, 0) is 16.1 Å². The number of fused-ring (bicyclic) bond motifs is 1. The lowest BCUT2D eigenvalue weighted by Crippen LogP contribution is -2.39. The van der Waals surface area contributed by atoms with Crippen LogP contribution >= 0.6 is 0 Å². The highest BCUT2D eigenvalue weighted by Gasteiger charge is 2.17. The van der Waals surface area contributed by atoms with E-state index >= 15 is 0 Å². The SMILES string of the molecule is COC(CCn1cnc2c(N)ncnc21)CN(CCCCC(=O)O)C(C)C. The first-order valence-electron chi connectivity index (χ1n) is 9.32. The molecule has 1 unspecified atom stereocenters. The van der Waals surface area contributed by atoms with Crippen LogP contribution in [0.5, 0.6) is 0 Å². The minimum absolute atomic E-state index is 0.0588. The number of methoxy groups -OCH3 is 1. The van der Waals surface area contributed by atoms with E-state index in [9.17, 15) is 4.79 Å². The molecule has 0 radical (unpaired) electrons. The summed E-state index contributed by atoms with van der Waals surface area (Å²) in [5.74, 6) is -0.354. The predicted molar refractivity (Wildman–Crippen MR) is 103 cm³/mol. The minimum Gasteiger partial charge on any atom is -0.481 e. The molecule has 9 heteroatoms. The summed E-state index contributed by atoms with van der Waals surface area (Å²) in [6, 6.07) is 0.370. The van der Waals surface area contributed by atoms with E-state index in [4.69, 9.17) is 15.6 Å². The Hall–Kier alpha value is -2.26. The maximum absolute atomic E-state index is 10.7. The number of nitrogens with zero attached hydrogens (tertiary/aromatic N) is 5. The monoisotopic (exact) mass is 378 g/mol. The van der Waals surface area contributed by atoms with Gasteiger partial charge >= 0.3 is 5.97 Å². The standard InChI is InChI=1S/C18H30N6O3/c1-13(2)23(8-5-4-6-15(25)26)10-14(27-3)7-9-24-12-22-16-17(19)20-11-21-18(16)24/h11-14H,4-10H2,1-3H3,(H,25,26)(H2,19,20,21). The van der Waals surface area contributed by atoms with E-state index in [0.717, 1.165) is 38.1 Å². The molecule has 0 aliphatic heterocycles. The van der Waals surface area contributed by atoms with Crippen molar-refractivity contribution < 1.29 is 14.6 Å². The number of imidazole rings is 1. The van der Waals surface area contributed by atoms with E-state index in [0.29, 0.717) is 23.8 Å². The molecule has 0 saturated carbocycles. The third kappa shape index (κ3) is 6.14. The number of nitrogens with two attached hydrogens (primary N) is 1. The third-order valence-electron chi connectivity index (χ3n) is 4.71. The van der Waals surface area contributed by atoms with Crippen molar-refractivity contribution in [3.8, 4) is 0 Å². The molecule has 0 amide bonds. The molecule has 9 nitrogen and oxygen atoms in total. The molecule has 0 saturated heterocycles. The summed E-state index contributed by atoms with van der Waals surface area (Å²) in [6.07, 6.45) is 5.82. The Bertz CT molecular complexity index is 733. The topological polar surface area (TPSA) is 119 Å². The van der Waals surface area contributed by atoms with Crippen molar-refractivity contribution in [2.45, 2.75) is 58.2 Å². The van der Waals surface area contributed by atoms with Crippen molar-refractivity contribution in [2.24, 2.45) is 0 Å². The Kier molecular flexibility index (Phi) is 7.93. The number of carboxylic acids is 1. The zero-order valence-corrected chi connectivity index (χ0v) is 16.3. The van der Waals surface area contributed by atoms with Gasteiger partial charge in [0.25, 0.3) is 0 Å². The Balaban J connectivity index is 1.90. The van der Waals surface area contributed by atoms with Crippen LogP contribution in [0.4, 0.5) is 5.82 Å². The van der Waals surface area contributed by atoms with Crippen LogP contribution in [-0.4, -0.2) is 67.8 Å². The van der Waals surface area contributed by atoms with Crippen molar-refractivity contribution in [3.63, 3.8) is 0 Å². The number of nitrogen functional groups attached to an aromatic ring is 1. The number of hydrogen-bond donors (Lipinski definition) is 2. The maximum Gasteiger partial charge on any atom is 0.303 e. The van der Waals surface area contributed by atoms with E-state index in [2.05, 4.69) is 33.7 Å². The Morgan fingerprint density at radius 2 is 2.11 bits per heavy atom.